The zero-order valence-corrected chi connectivity index (χ0v) is 24.8. The molecule has 2 heterocycles. The Morgan fingerprint density at radius 2 is 1.77 bits per heavy atom. The molecule has 224 valence electrons. The van der Waals surface area contributed by atoms with E-state index in [0.717, 1.165) is 17.8 Å². The standard InChI is InChI=1S/C31H28Cl2F2N4O4/c1-3-37-16-20(31(42)43)30(41)19-14-23(34)29(26(35)28(19)37)38-11-12-39(17(2)15-38)25(40)13-18-7-4-5-10-24(18)36-27-21(32)8-6-9-22(27)33/h4-10,14,16-17,36H,3,11-13,15H2,1-2H3,(H,42,43). The number of carbonyl (C=O) groups is 2. The lowest BCUT2D eigenvalue weighted by atomic mass is 10.1. The van der Waals surface area contributed by atoms with Gasteiger partial charge in [-0.25, -0.2) is 13.6 Å². The van der Waals surface area contributed by atoms with Crippen molar-refractivity contribution in [3.8, 4) is 0 Å². The highest BCUT2D eigenvalue weighted by Crippen LogP contribution is 2.35. The monoisotopic (exact) mass is 628 g/mol. The Bertz CT molecular complexity index is 1790. The Labute approximate surface area is 256 Å². The van der Waals surface area contributed by atoms with Crippen molar-refractivity contribution in [2.75, 3.05) is 29.9 Å². The van der Waals surface area contributed by atoms with Gasteiger partial charge in [-0.1, -0.05) is 47.5 Å². The summed E-state index contributed by atoms with van der Waals surface area (Å²) < 4.78 is 32.6. The molecule has 1 saturated heterocycles. The minimum atomic E-state index is -1.47. The van der Waals surface area contributed by atoms with Crippen molar-refractivity contribution in [3.63, 3.8) is 0 Å². The molecule has 0 bridgehead atoms. The molecule has 1 atom stereocenters. The van der Waals surface area contributed by atoms with Gasteiger partial charge in [0, 0.05) is 44.1 Å². The van der Waals surface area contributed by atoms with Crippen molar-refractivity contribution >= 4 is 63.0 Å². The number of anilines is 3. The molecule has 0 saturated carbocycles. The van der Waals surface area contributed by atoms with E-state index in [9.17, 15) is 19.5 Å². The molecule has 5 rings (SSSR count). The number of para-hydroxylation sites is 2. The molecule has 3 aromatic carbocycles. The number of halogens is 4. The summed E-state index contributed by atoms with van der Waals surface area (Å²) in [5, 5.41) is 13.1. The van der Waals surface area contributed by atoms with Crippen LogP contribution < -0.4 is 15.6 Å². The minimum Gasteiger partial charge on any atom is -0.477 e. The molecule has 2 N–H and O–H groups in total. The zero-order valence-electron chi connectivity index (χ0n) is 23.3. The minimum absolute atomic E-state index is 0.0724. The van der Waals surface area contributed by atoms with Crippen LogP contribution in [-0.2, 0) is 17.8 Å². The molecule has 4 aromatic rings. The van der Waals surface area contributed by atoms with Crippen LogP contribution in [0.3, 0.4) is 0 Å². The SMILES string of the molecule is CCn1cc(C(=O)O)c(=O)c2cc(F)c(N3CCN(C(=O)Cc4ccccc4Nc4c(Cl)cccc4Cl)C(C)C3)c(F)c21. The number of carboxylic acids is 1. The van der Waals surface area contributed by atoms with Gasteiger partial charge in [0.2, 0.25) is 11.3 Å². The number of benzene rings is 3. The first-order chi connectivity index (χ1) is 20.5. The van der Waals surface area contributed by atoms with E-state index < -0.39 is 34.6 Å². The van der Waals surface area contributed by atoms with Crippen LogP contribution in [0.15, 0.2) is 59.5 Å². The van der Waals surface area contributed by atoms with Gasteiger partial charge in [-0.15, -0.1) is 0 Å². The maximum absolute atomic E-state index is 15.9. The van der Waals surface area contributed by atoms with Crippen molar-refractivity contribution in [1.82, 2.24) is 9.47 Å². The predicted octanol–water partition coefficient (Wildman–Crippen LogP) is 6.33. The van der Waals surface area contributed by atoms with Crippen LogP contribution in [-0.4, -0.2) is 52.1 Å². The molecular formula is C31H28Cl2F2N4O4. The van der Waals surface area contributed by atoms with Crippen molar-refractivity contribution < 1.29 is 23.5 Å². The van der Waals surface area contributed by atoms with Crippen molar-refractivity contribution in [2.24, 2.45) is 0 Å². The topological polar surface area (TPSA) is 94.9 Å². The summed E-state index contributed by atoms with van der Waals surface area (Å²) >= 11 is 12.6. The Morgan fingerprint density at radius 1 is 1.07 bits per heavy atom. The number of nitrogens with zero attached hydrogens (tertiary/aromatic N) is 3. The smallest absolute Gasteiger partial charge is 0.341 e. The van der Waals surface area contributed by atoms with E-state index in [1.54, 1.807) is 36.9 Å². The molecule has 8 nitrogen and oxygen atoms in total. The van der Waals surface area contributed by atoms with Gasteiger partial charge in [-0.3, -0.25) is 9.59 Å². The van der Waals surface area contributed by atoms with E-state index in [1.165, 1.54) is 9.47 Å². The molecule has 1 aliphatic rings. The Balaban J connectivity index is 1.38. The number of carbonyl (C=O) groups excluding carboxylic acids is 1. The molecular weight excluding hydrogens is 601 g/mol. The highest BCUT2D eigenvalue weighted by atomic mass is 35.5. The van der Waals surface area contributed by atoms with Gasteiger partial charge in [0.15, 0.2) is 5.82 Å². The van der Waals surface area contributed by atoms with E-state index in [0.29, 0.717) is 21.4 Å². The number of fused-ring (bicyclic) bond motifs is 1. The molecule has 0 radical (unpaired) electrons. The molecule has 0 aliphatic carbocycles. The summed E-state index contributed by atoms with van der Waals surface area (Å²) in [7, 11) is 0. The second kappa shape index (κ2) is 12.2. The summed E-state index contributed by atoms with van der Waals surface area (Å²) in [5.41, 5.74) is -0.0707. The van der Waals surface area contributed by atoms with Crippen LogP contribution in [0.2, 0.25) is 10.0 Å². The van der Waals surface area contributed by atoms with Gasteiger partial charge >= 0.3 is 5.97 Å². The highest BCUT2D eigenvalue weighted by molar-refractivity contribution is 6.39. The van der Waals surface area contributed by atoms with Gasteiger partial charge in [0.25, 0.3) is 0 Å². The number of aromatic carboxylic acids is 1. The Hall–Kier alpha value is -4.15. The van der Waals surface area contributed by atoms with Gasteiger partial charge < -0.3 is 24.8 Å². The van der Waals surface area contributed by atoms with Crippen molar-refractivity contribution in [2.45, 2.75) is 32.9 Å². The number of rotatable bonds is 7. The number of carboxylic acid groups (broad SMARTS) is 1. The quantitative estimate of drug-likeness (QED) is 0.248. The summed E-state index contributed by atoms with van der Waals surface area (Å²) in [6.07, 6.45) is 1.15. The first-order valence-corrected chi connectivity index (χ1v) is 14.4. The highest BCUT2D eigenvalue weighted by Gasteiger charge is 2.32. The molecule has 1 unspecified atom stereocenters. The first kappa shape index (κ1) is 30.3. The van der Waals surface area contributed by atoms with E-state index in [4.69, 9.17) is 23.2 Å². The second-order valence-electron chi connectivity index (χ2n) is 10.3. The van der Waals surface area contributed by atoms with Gasteiger partial charge in [0.1, 0.15) is 17.1 Å². The van der Waals surface area contributed by atoms with Gasteiger partial charge in [-0.05, 0) is 43.7 Å². The summed E-state index contributed by atoms with van der Waals surface area (Å²) in [4.78, 5) is 40.9. The number of aromatic nitrogens is 1. The van der Waals surface area contributed by atoms with Crippen molar-refractivity contribution in [3.05, 3.63) is 97.8 Å². The third-order valence-corrected chi connectivity index (χ3v) is 8.28. The van der Waals surface area contributed by atoms with Crippen LogP contribution in [0.5, 0.6) is 0 Å². The van der Waals surface area contributed by atoms with Gasteiger partial charge in [0.05, 0.1) is 33.1 Å². The average molecular weight is 629 g/mol. The maximum atomic E-state index is 15.9. The molecule has 0 spiro atoms. The average Bonchev–Trinajstić information content (AvgIpc) is 2.96. The fraction of sp³-hybridized carbons (Fsp3) is 0.258. The number of piperazine rings is 1. The fourth-order valence-corrected chi connectivity index (χ4v) is 6.00. The van der Waals surface area contributed by atoms with E-state index >= 15 is 8.78 Å². The zero-order chi connectivity index (χ0) is 31.0. The number of hydrogen-bond acceptors (Lipinski definition) is 5. The van der Waals surface area contributed by atoms with Crippen LogP contribution in [0.4, 0.5) is 25.8 Å². The third-order valence-electron chi connectivity index (χ3n) is 7.65. The second-order valence-corrected chi connectivity index (χ2v) is 11.1. The first-order valence-electron chi connectivity index (χ1n) is 13.6. The maximum Gasteiger partial charge on any atom is 0.341 e. The van der Waals surface area contributed by atoms with E-state index in [1.807, 2.05) is 24.3 Å². The Morgan fingerprint density at radius 3 is 2.42 bits per heavy atom. The van der Waals surface area contributed by atoms with Crippen LogP contribution in [0.25, 0.3) is 10.9 Å². The summed E-state index contributed by atoms with van der Waals surface area (Å²) in [6, 6.07) is 13.0. The lowest BCUT2D eigenvalue weighted by Crippen LogP contribution is -2.54. The molecule has 43 heavy (non-hydrogen) atoms. The van der Waals surface area contributed by atoms with E-state index in [2.05, 4.69) is 5.32 Å². The summed E-state index contributed by atoms with van der Waals surface area (Å²) in [5.74, 6) is -3.56. The number of aryl methyl sites for hydroxylation is 1. The van der Waals surface area contributed by atoms with Gasteiger partial charge in [-0.2, -0.15) is 0 Å². The molecule has 1 fully saturated rings. The largest absolute Gasteiger partial charge is 0.477 e. The Kier molecular flexibility index (Phi) is 8.62. The predicted molar refractivity (Wildman–Crippen MR) is 164 cm³/mol. The molecule has 1 aliphatic heterocycles. The fourth-order valence-electron chi connectivity index (χ4n) is 5.51. The molecule has 1 amide bonds. The number of hydrogen-bond donors (Lipinski definition) is 2. The number of pyridine rings is 1. The molecule has 12 heteroatoms. The lowest BCUT2D eigenvalue weighted by molar-refractivity contribution is -0.132. The third kappa shape index (κ3) is 5.77. The molecule has 1 aromatic heterocycles. The van der Waals surface area contributed by atoms with Crippen LogP contribution in [0, 0.1) is 11.6 Å². The lowest BCUT2D eigenvalue weighted by Gasteiger charge is -2.41. The van der Waals surface area contributed by atoms with E-state index in [-0.39, 0.29) is 55.1 Å². The van der Waals surface area contributed by atoms with Crippen molar-refractivity contribution in [1.29, 1.82) is 0 Å². The number of amides is 1. The number of nitrogens with one attached hydrogen (secondary N) is 1. The summed E-state index contributed by atoms with van der Waals surface area (Å²) in [6.45, 7) is 4.13. The van der Waals surface area contributed by atoms with Crippen LogP contribution in [0.1, 0.15) is 29.8 Å². The normalized spacial score (nSPS) is 15.2. The van der Waals surface area contributed by atoms with Crippen LogP contribution >= 0.6 is 23.2 Å².